The molecule has 1 N–H and O–H groups in total. The molecule has 1 heterocycles. The van der Waals surface area contributed by atoms with Gasteiger partial charge in [0.25, 0.3) is 0 Å². The van der Waals surface area contributed by atoms with Crippen LogP contribution in [0.25, 0.3) is 0 Å². The average Bonchev–Trinajstić information content (AvgIpc) is 2.81. The van der Waals surface area contributed by atoms with Crippen LogP contribution in [0.2, 0.25) is 0 Å². The minimum atomic E-state index is -0.228. The molecule has 1 aliphatic rings. The first-order valence-corrected chi connectivity index (χ1v) is 7.19. The van der Waals surface area contributed by atoms with E-state index in [1.165, 1.54) is 0 Å². The lowest BCUT2D eigenvalue weighted by molar-refractivity contribution is -0.126. The summed E-state index contributed by atoms with van der Waals surface area (Å²) >= 11 is 0. The van der Waals surface area contributed by atoms with E-state index >= 15 is 0 Å². The van der Waals surface area contributed by atoms with E-state index in [-0.39, 0.29) is 17.7 Å². The number of nitrogens with one attached hydrogen (secondary N) is 1. The van der Waals surface area contributed by atoms with Gasteiger partial charge in [0.1, 0.15) is 0 Å². The molecule has 1 fully saturated rings. The smallest absolute Gasteiger partial charge is 0.227 e. The van der Waals surface area contributed by atoms with Gasteiger partial charge in [-0.15, -0.1) is 0 Å². The first kappa shape index (κ1) is 14.6. The second-order valence-corrected chi connectivity index (χ2v) is 5.42. The topological polar surface area (TPSA) is 49.4 Å². The molecule has 20 heavy (non-hydrogen) atoms. The zero-order chi connectivity index (χ0) is 14.7. The van der Waals surface area contributed by atoms with Gasteiger partial charge in [-0.25, -0.2) is 0 Å². The minimum absolute atomic E-state index is 0.00648. The Hall–Kier alpha value is -1.84. The molecule has 0 saturated carbocycles. The van der Waals surface area contributed by atoms with Crippen LogP contribution < -0.4 is 10.2 Å². The summed E-state index contributed by atoms with van der Waals surface area (Å²) in [6.07, 6.45) is 1.22. The van der Waals surface area contributed by atoms with Crippen molar-refractivity contribution in [1.29, 1.82) is 0 Å². The molecule has 2 rings (SSSR count). The molecule has 4 heteroatoms. The van der Waals surface area contributed by atoms with E-state index in [1.54, 1.807) is 4.90 Å². The summed E-state index contributed by atoms with van der Waals surface area (Å²) in [7, 11) is 0. The molecule has 0 spiro atoms. The molecule has 0 aliphatic carbocycles. The molecule has 4 nitrogen and oxygen atoms in total. The van der Waals surface area contributed by atoms with E-state index in [0.717, 1.165) is 23.2 Å². The average molecular weight is 274 g/mol. The van der Waals surface area contributed by atoms with Gasteiger partial charge in [0.15, 0.2) is 0 Å². The van der Waals surface area contributed by atoms with E-state index in [4.69, 9.17) is 0 Å². The number of amides is 2. The van der Waals surface area contributed by atoms with Gasteiger partial charge in [0.2, 0.25) is 11.8 Å². The highest BCUT2D eigenvalue weighted by molar-refractivity contribution is 6.00. The maximum atomic E-state index is 12.2. The fraction of sp³-hybridized carbons (Fsp3) is 0.500. The summed E-state index contributed by atoms with van der Waals surface area (Å²) in [5, 5.41) is 2.88. The minimum Gasteiger partial charge on any atom is -0.356 e. The summed E-state index contributed by atoms with van der Waals surface area (Å²) in [5.74, 6) is -0.197. The van der Waals surface area contributed by atoms with Crippen LogP contribution in [-0.2, 0) is 9.59 Å². The first-order chi connectivity index (χ1) is 9.54. The summed E-state index contributed by atoms with van der Waals surface area (Å²) in [6, 6.07) is 5.94. The second-order valence-electron chi connectivity index (χ2n) is 5.42. The van der Waals surface area contributed by atoms with Crippen molar-refractivity contribution >= 4 is 17.5 Å². The maximum absolute atomic E-state index is 12.2. The molecule has 1 saturated heterocycles. The SMILES string of the molecule is CCCNC(=O)[C@H]1CC(=O)N(c2cccc(C)c2C)C1. The number of anilines is 1. The van der Waals surface area contributed by atoms with E-state index in [9.17, 15) is 9.59 Å². The van der Waals surface area contributed by atoms with Crippen molar-refractivity contribution in [2.75, 3.05) is 18.0 Å². The molecule has 1 atom stereocenters. The zero-order valence-electron chi connectivity index (χ0n) is 12.4. The Morgan fingerprint density at radius 1 is 1.40 bits per heavy atom. The predicted molar refractivity (Wildman–Crippen MR) is 79.7 cm³/mol. The number of hydrogen-bond acceptors (Lipinski definition) is 2. The standard InChI is InChI=1S/C16H22N2O2/c1-4-8-17-16(20)13-9-15(19)18(10-13)14-7-5-6-11(2)12(14)3/h5-7,13H,4,8-10H2,1-3H3,(H,17,20)/t13-/m0/s1. The first-order valence-electron chi connectivity index (χ1n) is 7.19. The Balaban J connectivity index is 2.13. The number of carbonyl (C=O) groups excluding carboxylic acids is 2. The van der Waals surface area contributed by atoms with Gasteiger partial charge >= 0.3 is 0 Å². The number of benzene rings is 1. The van der Waals surface area contributed by atoms with Crippen molar-refractivity contribution in [2.45, 2.75) is 33.6 Å². The normalized spacial score (nSPS) is 18.4. The molecule has 1 aromatic rings. The van der Waals surface area contributed by atoms with Crippen molar-refractivity contribution in [3.05, 3.63) is 29.3 Å². The van der Waals surface area contributed by atoms with Gasteiger partial charge in [0.05, 0.1) is 5.92 Å². The van der Waals surface area contributed by atoms with Crippen LogP contribution in [0.5, 0.6) is 0 Å². The number of aryl methyl sites for hydroxylation is 1. The molecule has 1 aromatic carbocycles. The van der Waals surface area contributed by atoms with Crippen molar-refractivity contribution in [3.8, 4) is 0 Å². The summed E-state index contributed by atoms with van der Waals surface area (Å²) in [6.45, 7) is 7.22. The lowest BCUT2D eigenvalue weighted by atomic mass is 10.1. The molecule has 0 unspecified atom stereocenters. The van der Waals surface area contributed by atoms with E-state index < -0.39 is 0 Å². The van der Waals surface area contributed by atoms with E-state index in [2.05, 4.69) is 5.32 Å². The monoisotopic (exact) mass is 274 g/mol. The van der Waals surface area contributed by atoms with Gasteiger partial charge in [-0.2, -0.15) is 0 Å². The Morgan fingerprint density at radius 3 is 2.85 bits per heavy atom. The molecule has 2 amide bonds. The molecule has 0 bridgehead atoms. The van der Waals surface area contributed by atoms with Crippen molar-refractivity contribution < 1.29 is 9.59 Å². The fourth-order valence-electron chi connectivity index (χ4n) is 2.54. The van der Waals surface area contributed by atoms with Crippen LogP contribution in [0.1, 0.15) is 30.9 Å². The third-order valence-electron chi connectivity index (χ3n) is 3.91. The van der Waals surface area contributed by atoms with E-state index in [0.29, 0.717) is 19.5 Å². The quantitative estimate of drug-likeness (QED) is 0.915. The molecular weight excluding hydrogens is 252 g/mol. The molecule has 108 valence electrons. The predicted octanol–water partition coefficient (Wildman–Crippen LogP) is 2.18. The number of carbonyl (C=O) groups is 2. The summed E-state index contributed by atoms with van der Waals surface area (Å²) in [5.41, 5.74) is 3.20. The van der Waals surface area contributed by atoms with Crippen LogP contribution in [-0.4, -0.2) is 24.9 Å². The van der Waals surface area contributed by atoms with Gasteiger partial charge in [0, 0.05) is 25.2 Å². The Bertz CT molecular complexity index is 525. The van der Waals surface area contributed by atoms with Crippen LogP contribution >= 0.6 is 0 Å². The number of hydrogen-bond donors (Lipinski definition) is 1. The van der Waals surface area contributed by atoms with E-state index in [1.807, 2.05) is 39.0 Å². The molecule has 0 radical (unpaired) electrons. The van der Waals surface area contributed by atoms with Gasteiger partial charge in [-0.1, -0.05) is 19.1 Å². The molecular formula is C16H22N2O2. The third kappa shape index (κ3) is 2.84. The lowest BCUT2D eigenvalue weighted by Crippen LogP contribution is -2.33. The van der Waals surface area contributed by atoms with Crippen LogP contribution in [0.15, 0.2) is 18.2 Å². The highest BCUT2D eigenvalue weighted by atomic mass is 16.2. The third-order valence-corrected chi connectivity index (χ3v) is 3.91. The highest BCUT2D eigenvalue weighted by Crippen LogP contribution is 2.29. The van der Waals surface area contributed by atoms with Gasteiger partial charge < -0.3 is 10.2 Å². The lowest BCUT2D eigenvalue weighted by Gasteiger charge is -2.20. The Kier molecular flexibility index (Phi) is 4.42. The van der Waals surface area contributed by atoms with Gasteiger partial charge in [-0.3, -0.25) is 9.59 Å². The highest BCUT2D eigenvalue weighted by Gasteiger charge is 2.35. The van der Waals surface area contributed by atoms with Crippen molar-refractivity contribution in [2.24, 2.45) is 5.92 Å². The molecule has 0 aromatic heterocycles. The maximum Gasteiger partial charge on any atom is 0.227 e. The van der Waals surface area contributed by atoms with Gasteiger partial charge in [-0.05, 0) is 37.5 Å². The second kappa shape index (κ2) is 6.07. The van der Waals surface area contributed by atoms with Crippen LogP contribution in [0.4, 0.5) is 5.69 Å². The summed E-state index contributed by atoms with van der Waals surface area (Å²) < 4.78 is 0. The fourth-order valence-corrected chi connectivity index (χ4v) is 2.54. The number of nitrogens with zero attached hydrogens (tertiary/aromatic N) is 1. The van der Waals surface area contributed by atoms with Crippen molar-refractivity contribution in [1.82, 2.24) is 5.32 Å². The van der Waals surface area contributed by atoms with Crippen LogP contribution in [0.3, 0.4) is 0 Å². The zero-order valence-corrected chi connectivity index (χ0v) is 12.4. The molecule has 1 aliphatic heterocycles. The van der Waals surface area contributed by atoms with Crippen molar-refractivity contribution in [3.63, 3.8) is 0 Å². The van der Waals surface area contributed by atoms with Crippen LogP contribution in [0, 0.1) is 19.8 Å². The Morgan fingerprint density at radius 2 is 2.15 bits per heavy atom. The Labute approximate surface area is 120 Å². The number of rotatable bonds is 4. The summed E-state index contributed by atoms with van der Waals surface area (Å²) in [4.78, 5) is 25.9. The largest absolute Gasteiger partial charge is 0.356 e.